The van der Waals surface area contributed by atoms with Crippen LogP contribution in [0, 0.1) is 5.92 Å². The van der Waals surface area contributed by atoms with E-state index in [-0.39, 0.29) is 12.4 Å². The average molecular weight is 335 g/mol. The van der Waals surface area contributed by atoms with Gasteiger partial charge in [-0.05, 0) is 56.0 Å². The highest BCUT2D eigenvalue weighted by atomic mass is 79.9. The fraction of sp³-hybridized carbons (Fsp3) is 0.571. The largest absolute Gasteiger partial charge is 0.377 e. The van der Waals surface area contributed by atoms with Gasteiger partial charge in [0, 0.05) is 11.1 Å². The molecule has 1 aliphatic heterocycles. The molecule has 1 aromatic rings. The molecule has 4 heteroatoms. The molecule has 1 aliphatic rings. The van der Waals surface area contributed by atoms with Gasteiger partial charge in [0.1, 0.15) is 0 Å². The van der Waals surface area contributed by atoms with E-state index in [0.717, 1.165) is 23.6 Å². The number of nitrogens with one attached hydrogen (secondary N) is 1. The van der Waals surface area contributed by atoms with E-state index in [9.17, 15) is 0 Å². The zero-order valence-electron chi connectivity index (χ0n) is 10.5. The van der Waals surface area contributed by atoms with E-state index in [0.29, 0.717) is 0 Å². The van der Waals surface area contributed by atoms with Crippen LogP contribution < -0.4 is 5.32 Å². The van der Waals surface area contributed by atoms with Crippen molar-refractivity contribution in [1.29, 1.82) is 0 Å². The monoisotopic (exact) mass is 333 g/mol. The molecule has 0 aliphatic carbocycles. The van der Waals surface area contributed by atoms with Crippen LogP contribution in [-0.4, -0.2) is 19.7 Å². The second-order valence-electron chi connectivity index (χ2n) is 4.66. The minimum atomic E-state index is 0. The second-order valence-corrected chi connectivity index (χ2v) is 5.58. The molecule has 1 fully saturated rings. The van der Waals surface area contributed by atoms with Crippen molar-refractivity contribution in [2.75, 3.05) is 19.7 Å². The summed E-state index contributed by atoms with van der Waals surface area (Å²) in [6.45, 7) is 3.98. The van der Waals surface area contributed by atoms with Gasteiger partial charge >= 0.3 is 0 Å². The number of piperidine rings is 1. The Labute approximate surface area is 124 Å². The number of hydrogen-bond acceptors (Lipinski definition) is 2. The van der Waals surface area contributed by atoms with Gasteiger partial charge in [0.05, 0.1) is 6.61 Å². The van der Waals surface area contributed by atoms with Crippen molar-refractivity contribution >= 4 is 28.3 Å². The van der Waals surface area contributed by atoms with Crippen LogP contribution in [0.2, 0.25) is 0 Å². The molecule has 18 heavy (non-hydrogen) atoms. The lowest BCUT2D eigenvalue weighted by atomic mass is 9.95. The van der Waals surface area contributed by atoms with Crippen molar-refractivity contribution in [2.45, 2.75) is 25.9 Å². The number of benzene rings is 1. The zero-order valence-corrected chi connectivity index (χ0v) is 12.9. The standard InChI is InChI=1S/C14H20BrNO.ClH/c15-14-3-1-13(2-4-14)11-17-10-7-12-5-8-16-9-6-12;/h1-4,12,16H,5-11H2;1H. The van der Waals surface area contributed by atoms with Gasteiger partial charge in [-0.1, -0.05) is 28.1 Å². The maximum Gasteiger partial charge on any atom is 0.0716 e. The second kappa shape index (κ2) is 8.92. The van der Waals surface area contributed by atoms with E-state index in [1.54, 1.807) is 0 Å². The summed E-state index contributed by atoms with van der Waals surface area (Å²) in [6, 6.07) is 8.33. The highest BCUT2D eigenvalue weighted by Crippen LogP contribution is 2.16. The number of hydrogen-bond donors (Lipinski definition) is 1. The minimum absolute atomic E-state index is 0. The van der Waals surface area contributed by atoms with Crippen molar-refractivity contribution in [3.05, 3.63) is 34.3 Å². The SMILES string of the molecule is Brc1ccc(COCCC2CCNCC2)cc1.Cl. The zero-order chi connectivity index (χ0) is 11.9. The summed E-state index contributed by atoms with van der Waals surface area (Å²) >= 11 is 3.43. The van der Waals surface area contributed by atoms with Gasteiger partial charge in [0.15, 0.2) is 0 Å². The Morgan fingerprint density at radius 3 is 2.50 bits per heavy atom. The molecule has 2 nitrogen and oxygen atoms in total. The first kappa shape index (κ1) is 16.0. The van der Waals surface area contributed by atoms with Gasteiger partial charge in [-0.25, -0.2) is 0 Å². The maximum atomic E-state index is 5.73. The third-order valence-electron chi connectivity index (χ3n) is 3.31. The van der Waals surface area contributed by atoms with Crippen LogP contribution in [0.25, 0.3) is 0 Å². The molecule has 0 amide bonds. The molecule has 2 rings (SSSR count). The molecule has 1 heterocycles. The van der Waals surface area contributed by atoms with Gasteiger partial charge in [0.2, 0.25) is 0 Å². The molecule has 1 N–H and O–H groups in total. The minimum Gasteiger partial charge on any atom is -0.377 e. The van der Waals surface area contributed by atoms with Crippen molar-refractivity contribution in [3.63, 3.8) is 0 Å². The molecule has 0 bridgehead atoms. The summed E-state index contributed by atoms with van der Waals surface area (Å²) in [5, 5.41) is 3.39. The Morgan fingerprint density at radius 2 is 1.83 bits per heavy atom. The maximum absolute atomic E-state index is 5.73. The number of rotatable bonds is 5. The Kier molecular flexibility index (Phi) is 7.91. The summed E-state index contributed by atoms with van der Waals surface area (Å²) in [7, 11) is 0. The fourth-order valence-electron chi connectivity index (χ4n) is 2.19. The number of halogens is 2. The quantitative estimate of drug-likeness (QED) is 0.828. The van der Waals surface area contributed by atoms with E-state index in [1.807, 2.05) is 0 Å². The lowest BCUT2D eigenvalue weighted by Gasteiger charge is -2.22. The molecule has 102 valence electrons. The van der Waals surface area contributed by atoms with Crippen molar-refractivity contribution in [2.24, 2.45) is 5.92 Å². The first-order valence-corrected chi connectivity index (χ1v) is 7.17. The third-order valence-corrected chi connectivity index (χ3v) is 3.84. The number of ether oxygens (including phenoxy) is 1. The molecule has 0 radical (unpaired) electrons. The van der Waals surface area contributed by atoms with E-state index < -0.39 is 0 Å². The first-order chi connectivity index (χ1) is 8.34. The molecular weight excluding hydrogens is 314 g/mol. The predicted molar refractivity (Wildman–Crippen MR) is 81.3 cm³/mol. The van der Waals surface area contributed by atoms with Gasteiger partial charge < -0.3 is 10.1 Å². The molecule has 0 atom stereocenters. The van der Waals surface area contributed by atoms with Gasteiger partial charge in [-0.15, -0.1) is 12.4 Å². The highest BCUT2D eigenvalue weighted by molar-refractivity contribution is 9.10. The lowest BCUT2D eigenvalue weighted by molar-refractivity contribution is 0.103. The van der Waals surface area contributed by atoms with Crippen LogP contribution in [-0.2, 0) is 11.3 Å². The molecule has 0 unspecified atom stereocenters. The van der Waals surface area contributed by atoms with E-state index >= 15 is 0 Å². The van der Waals surface area contributed by atoms with E-state index in [1.165, 1.54) is 37.9 Å². The Balaban J connectivity index is 0.00000162. The normalized spacial score (nSPS) is 16.3. The molecule has 0 spiro atoms. The van der Waals surface area contributed by atoms with Crippen LogP contribution in [0.4, 0.5) is 0 Å². The topological polar surface area (TPSA) is 21.3 Å². The van der Waals surface area contributed by atoms with Crippen molar-refractivity contribution in [3.8, 4) is 0 Å². The third kappa shape index (κ3) is 5.70. The summed E-state index contributed by atoms with van der Waals surface area (Å²) in [5.74, 6) is 0.862. The Bertz CT molecular complexity index is 325. The molecule has 1 aromatic carbocycles. The average Bonchev–Trinajstić information content (AvgIpc) is 2.38. The van der Waals surface area contributed by atoms with E-state index in [2.05, 4.69) is 45.5 Å². The van der Waals surface area contributed by atoms with Crippen molar-refractivity contribution in [1.82, 2.24) is 5.32 Å². The Hall–Kier alpha value is -0.0900. The lowest BCUT2D eigenvalue weighted by Crippen LogP contribution is -2.28. The summed E-state index contributed by atoms with van der Waals surface area (Å²) in [4.78, 5) is 0. The molecule has 1 saturated heterocycles. The summed E-state index contributed by atoms with van der Waals surface area (Å²) < 4.78 is 6.85. The van der Waals surface area contributed by atoms with Crippen LogP contribution in [0.1, 0.15) is 24.8 Å². The predicted octanol–water partition coefficient (Wildman–Crippen LogP) is 3.78. The van der Waals surface area contributed by atoms with Crippen LogP contribution in [0.15, 0.2) is 28.7 Å². The molecule has 0 saturated carbocycles. The summed E-state index contributed by atoms with van der Waals surface area (Å²) in [6.07, 6.45) is 3.82. The van der Waals surface area contributed by atoms with Gasteiger partial charge in [-0.2, -0.15) is 0 Å². The molecular formula is C14H21BrClNO. The highest BCUT2D eigenvalue weighted by Gasteiger charge is 2.12. The smallest absolute Gasteiger partial charge is 0.0716 e. The van der Waals surface area contributed by atoms with Crippen LogP contribution >= 0.6 is 28.3 Å². The van der Waals surface area contributed by atoms with Gasteiger partial charge in [-0.3, -0.25) is 0 Å². The van der Waals surface area contributed by atoms with Crippen LogP contribution in [0.5, 0.6) is 0 Å². The van der Waals surface area contributed by atoms with Crippen LogP contribution in [0.3, 0.4) is 0 Å². The fourth-order valence-corrected chi connectivity index (χ4v) is 2.46. The summed E-state index contributed by atoms with van der Waals surface area (Å²) in [5.41, 5.74) is 1.25. The van der Waals surface area contributed by atoms with Gasteiger partial charge in [0.25, 0.3) is 0 Å². The first-order valence-electron chi connectivity index (χ1n) is 6.37. The van der Waals surface area contributed by atoms with E-state index in [4.69, 9.17) is 4.74 Å². The molecule has 0 aromatic heterocycles. The Morgan fingerprint density at radius 1 is 1.17 bits per heavy atom. The van der Waals surface area contributed by atoms with Crippen molar-refractivity contribution < 1.29 is 4.74 Å².